The van der Waals surface area contributed by atoms with Gasteiger partial charge < -0.3 is 20.1 Å². The number of carboxylic acid groups (broad SMARTS) is 1. The lowest BCUT2D eigenvalue weighted by molar-refractivity contribution is -0.131. The third kappa shape index (κ3) is 4.29. The Morgan fingerprint density at radius 1 is 1.15 bits per heavy atom. The van der Waals surface area contributed by atoms with Gasteiger partial charge in [-0.25, -0.2) is 9.59 Å². The van der Waals surface area contributed by atoms with Crippen molar-refractivity contribution in [3.05, 3.63) is 76.5 Å². The van der Waals surface area contributed by atoms with Gasteiger partial charge in [0.15, 0.2) is 0 Å². The number of hydrogen-bond acceptors (Lipinski definition) is 5. The summed E-state index contributed by atoms with van der Waals surface area (Å²) in [6, 6.07) is 13.5. The van der Waals surface area contributed by atoms with Crippen LogP contribution in [-0.2, 0) is 9.53 Å². The molecule has 4 rings (SSSR count). The summed E-state index contributed by atoms with van der Waals surface area (Å²) in [5.41, 5.74) is 2.29. The number of morpholine rings is 1. The van der Waals surface area contributed by atoms with Crippen molar-refractivity contribution in [1.29, 1.82) is 5.26 Å². The summed E-state index contributed by atoms with van der Waals surface area (Å²) in [6.07, 6.45) is 0. The number of carbonyl (C=O) groups excluding carboxylic acids is 2. The molecule has 2 aliphatic heterocycles. The van der Waals surface area contributed by atoms with E-state index in [1.54, 1.807) is 48.2 Å². The Morgan fingerprint density at radius 3 is 2.48 bits per heavy atom. The molecule has 0 saturated carbocycles. The number of urea groups is 1. The molecule has 0 bridgehead atoms. The first-order chi connectivity index (χ1) is 15.9. The molecule has 1 saturated heterocycles. The molecule has 0 aliphatic carbocycles. The van der Waals surface area contributed by atoms with Crippen molar-refractivity contribution in [1.82, 2.24) is 10.2 Å². The van der Waals surface area contributed by atoms with E-state index in [1.165, 1.54) is 17.0 Å². The third-order valence-electron chi connectivity index (χ3n) is 5.74. The van der Waals surface area contributed by atoms with Crippen molar-refractivity contribution in [2.45, 2.75) is 13.0 Å². The number of amides is 3. The fraction of sp³-hybridized carbons (Fsp3) is 0.250. The molecular weight excluding hydrogens is 424 g/mol. The molecule has 9 nitrogen and oxygen atoms in total. The van der Waals surface area contributed by atoms with Crippen molar-refractivity contribution in [2.24, 2.45) is 0 Å². The monoisotopic (exact) mass is 446 g/mol. The summed E-state index contributed by atoms with van der Waals surface area (Å²) in [5.74, 6) is -1.35. The van der Waals surface area contributed by atoms with Crippen LogP contribution in [0.25, 0.3) is 0 Å². The van der Waals surface area contributed by atoms with Crippen LogP contribution in [0.5, 0.6) is 0 Å². The quantitative estimate of drug-likeness (QED) is 0.744. The average molecular weight is 446 g/mol. The van der Waals surface area contributed by atoms with Crippen LogP contribution in [0, 0.1) is 11.3 Å². The summed E-state index contributed by atoms with van der Waals surface area (Å²) in [6.45, 7) is 3.39. The number of nitrogens with zero attached hydrogens (tertiary/aromatic N) is 3. The van der Waals surface area contributed by atoms with Gasteiger partial charge >= 0.3 is 12.0 Å². The second kappa shape index (κ2) is 9.14. The number of aromatic carboxylic acids is 1. The summed E-state index contributed by atoms with van der Waals surface area (Å²) < 4.78 is 5.37. The van der Waals surface area contributed by atoms with Crippen LogP contribution in [0.2, 0.25) is 0 Å². The van der Waals surface area contributed by atoms with Gasteiger partial charge in [-0.3, -0.25) is 9.69 Å². The van der Waals surface area contributed by atoms with Gasteiger partial charge in [0.05, 0.1) is 47.7 Å². The Balaban J connectivity index is 1.82. The first-order valence-electron chi connectivity index (χ1n) is 10.4. The maximum atomic E-state index is 13.6. The molecule has 0 aromatic heterocycles. The van der Waals surface area contributed by atoms with Crippen LogP contribution in [-0.4, -0.2) is 54.2 Å². The molecule has 1 atom stereocenters. The van der Waals surface area contributed by atoms with E-state index in [2.05, 4.69) is 11.4 Å². The number of hydrogen-bond donors (Lipinski definition) is 2. The second-order valence-corrected chi connectivity index (χ2v) is 7.71. The minimum atomic E-state index is -1.11. The summed E-state index contributed by atoms with van der Waals surface area (Å²) >= 11 is 0. The Labute approximate surface area is 190 Å². The Morgan fingerprint density at radius 2 is 1.85 bits per heavy atom. The number of anilines is 1. The third-order valence-corrected chi connectivity index (χ3v) is 5.74. The standard InChI is InChI=1S/C24H22N4O5/c1-15-20(22(29)27-9-11-33-12-10-27)21(17-7-5-16(14-25)6-8-17)26-24(32)28(15)19-4-2-3-18(13-19)23(30)31/h2-8,13,21H,9-12H2,1H3,(H,26,32)(H,30,31). The number of nitriles is 1. The van der Waals surface area contributed by atoms with Crippen molar-refractivity contribution in [2.75, 3.05) is 31.2 Å². The van der Waals surface area contributed by atoms with E-state index >= 15 is 0 Å². The predicted octanol–water partition coefficient (Wildman–Crippen LogP) is 2.66. The highest BCUT2D eigenvalue weighted by molar-refractivity contribution is 6.05. The van der Waals surface area contributed by atoms with Crippen LogP contribution in [0.1, 0.15) is 34.5 Å². The number of ether oxygens (including phenoxy) is 1. The van der Waals surface area contributed by atoms with Gasteiger partial charge in [0.2, 0.25) is 0 Å². The maximum absolute atomic E-state index is 13.6. The van der Waals surface area contributed by atoms with Crippen LogP contribution >= 0.6 is 0 Å². The smallest absolute Gasteiger partial charge is 0.335 e. The van der Waals surface area contributed by atoms with Crippen LogP contribution < -0.4 is 10.2 Å². The largest absolute Gasteiger partial charge is 0.478 e. The highest BCUT2D eigenvalue weighted by Crippen LogP contribution is 2.35. The number of carboxylic acids is 1. The predicted molar refractivity (Wildman–Crippen MR) is 118 cm³/mol. The lowest BCUT2D eigenvalue weighted by Crippen LogP contribution is -2.51. The van der Waals surface area contributed by atoms with Gasteiger partial charge in [-0.1, -0.05) is 18.2 Å². The summed E-state index contributed by atoms with van der Waals surface area (Å²) in [7, 11) is 0. The van der Waals surface area contributed by atoms with E-state index in [4.69, 9.17) is 10.00 Å². The number of carbonyl (C=O) groups is 3. The maximum Gasteiger partial charge on any atom is 0.335 e. The Kier molecular flexibility index (Phi) is 6.11. The van der Waals surface area contributed by atoms with Crippen molar-refractivity contribution < 1.29 is 24.2 Å². The van der Waals surface area contributed by atoms with Crippen molar-refractivity contribution >= 4 is 23.6 Å². The van der Waals surface area contributed by atoms with Crippen LogP contribution in [0.4, 0.5) is 10.5 Å². The zero-order valence-electron chi connectivity index (χ0n) is 17.9. The normalized spacial score (nSPS) is 18.5. The molecule has 2 aromatic carbocycles. The molecule has 1 fully saturated rings. The molecule has 2 N–H and O–H groups in total. The summed E-state index contributed by atoms with van der Waals surface area (Å²) in [5, 5.41) is 21.4. The molecule has 2 aromatic rings. The van der Waals surface area contributed by atoms with E-state index in [9.17, 15) is 19.5 Å². The van der Waals surface area contributed by atoms with E-state index in [0.29, 0.717) is 54.4 Å². The number of benzene rings is 2. The van der Waals surface area contributed by atoms with Gasteiger partial charge in [0.1, 0.15) is 0 Å². The molecule has 2 aliphatic rings. The Hall–Kier alpha value is -4.16. The lowest BCUT2D eigenvalue weighted by atomic mass is 9.92. The zero-order chi connectivity index (χ0) is 23.5. The molecule has 1 unspecified atom stereocenters. The van der Waals surface area contributed by atoms with Crippen molar-refractivity contribution in [3.8, 4) is 6.07 Å². The van der Waals surface area contributed by atoms with Crippen molar-refractivity contribution in [3.63, 3.8) is 0 Å². The minimum Gasteiger partial charge on any atom is -0.478 e. The van der Waals surface area contributed by atoms with Gasteiger partial charge in [-0.05, 0) is 42.8 Å². The fourth-order valence-corrected chi connectivity index (χ4v) is 4.05. The second-order valence-electron chi connectivity index (χ2n) is 7.71. The number of nitrogens with one attached hydrogen (secondary N) is 1. The molecule has 2 heterocycles. The molecule has 33 heavy (non-hydrogen) atoms. The van der Waals surface area contributed by atoms with E-state index in [-0.39, 0.29) is 11.5 Å². The average Bonchev–Trinajstić information content (AvgIpc) is 2.84. The van der Waals surface area contributed by atoms with E-state index in [1.807, 2.05) is 0 Å². The molecule has 168 valence electrons. The highest BCUT2D eigenvalue weighted by atomic mass is 16.5. The number of allylic oxidation sites excluding steroid dienone is 1. The topological polar surface area (TPSA) is 123 Å². The fourth-order valence-electron chi connectivity index (χ4n) is 4.05. The Bertz CT molecular complexity index is 1180. The van der Waals surface area contributed by atoms with Gasteiger partial charge in [-0.15, -0.1) is 0 Å². The number of rotatable bonds is 4. The molecular formula is C24H22N4O5. The van der Waals surface area contributed by atoms with Crippen LogP contribution in [0.3, 0.4) is 0 Å². The SMILES string of the molecule is CC1=C(C(=O)N2CCOCC2)C(c2ccc(C#N)cc2)NC(=O)N1c1cccc(C(=O)O)c1. The highest BCUT2D eigenvalue weighted by Gasteiger charge is 2.38. The molecule has 0 spiro atoms. The van der Waals surface area contributed by atoms with E-state index < -0.39 is 18.0 Å². The van der Waals surface area contributed by atoms with Gasteiger partial charge in [-0.2, -0.15) is 5.26 Å². The molecule has 3 amide bonds. The lowest BCUT2D eigenvalue weighted by Gasteiger charge is -2.38. The molecule has 9 heteroatoms. The molecule has 0 radical (unpaired) electrons. The minimum absolute atomic E-state index is 0.0309. The first-order valence-corrected chi connectivity index (χ1v) is 10.4. The van der Waals surface area contributed by atoms with E-state index in [0.717, 1.165) is 0 Å². The first kappa shape index (κ1) is 22.0. The zero-order valence-corrected chi connectivity index (χ0v) is 17.9. The van der Waals surface area contributed by atoms with Crippen LogP contribution in [0.15, 0.2) is 59.8 Å². The summed E-state index contributed by atoms with van der Waals surface area (Å²) in [4.78, 5) is 41.2. The van der Waals surface area contributed by atoms with Gasteiger partial charge in [0, 0.05) is 18.8 Å². The van der Waals surface area contributed by atoms with Gasteiger partial charge in [0.25, 0.3) is 5.91 Å².